The first-order valence-electron chi connectivity index (χ1n) is 10.7. The quantitative estimate of drug-likeness (QED) is 0.584. The number of likely N-dealkylation sites (tertiary alicyclic amines) is 1. The number of hydrogen-bond acceptors (Lipinski definition) is 7. The highest BCUT2D eigenvalue weighted by atomic mass is 16.5. The lowest BCUT2D eigenvalue weighted by Gasteiger charge is -2.27. The molecule has 8 heteroatoms. The summed E-state index contributed by atoms with van der Waals surface area (Å²) in [5.74, 6) is 1.62. The van der Waals surface area contributed by atoms with Gasteiger partial charge in [0.15, 0.2) is 0 Å². The van der Waals surface area contributed by atoms with E-state index in [1.54, 1.807) is 31.9 Å². The molecule has 1 unspecified atom stereocenters. The minimum Gasteiger partial charge on any atom is -0.497 e. The van der Waals surface area contributed by atoms with Gasteiger partial charge < -0.3 is 15.0 Å². The third-order valence-corrected chi connectivity index (χ3v) is 5.53. The van der Waals surface area contributed by atoms with Crippen LogP contribution in [0.3, 0.4) is 0 Å². The van der Waals surface area contributed by atoms with Crippen molar-refractivity contribution in [2.75, 3.05) is 32.6 Å². The molecule has 0 spiro atoms. The number of likely N-dealkylation sites (N-methyl/N-ethyl adjacent to an activating group) is 1. The third-order valence-electron chi connectivity index (χ3n) is 5.53. The molecule has 3 aromatic rings. The zero-order valence-electron chi connectivity index (χ0n) is 18.4. The van der Waals surface area contributed by atoms with Gasteiger partial charge in [-0.1, -0.05) is 12.1 Å². The number of carbonyl (C=O) groups excluding carboxylic acids is 1. The Labute approximate surface area is 188 Å². The molecule has 1 saturated heterocycles. The number of hydrogen-bond donors (Lipinski definition) is 1. The second-order valence-electron chi connectivity index (χ2n) is 7.96. The lowest BCUT2D eigenvalue weighted by molar-refractivity contribution is -0.133. The summed E-state index contributed by atoms with van der Waals surface area (Å²) in [5, 5.41) is 3.18. The van der Waals surface area contributed by atoms with Crippen LogP contribution in [0.25, 0.3) is 0 Å². The fraction of sp³-hybridized carbons (Fsp3) is 0.333. The molecule has 1 aliphatic heterocycles. The molecule has 8 nitrogen and oxygen atoms in total. The van der Waals surface area contributed by atoms with Gasteiger partial charge in [0, 0.05) is 25.5 Å². The lowest BCUT2D eigenvalue weighted by atomic mass is 10.1. The first kappa shape index (κ1) is 21.7. The van der Waals surface area contributed by atoms with E-state index >= 15 is 0 Å². The number of nitrogens with one attached hydrogen (secondary N) is 1. The molecule has 0 saturated carbocycles. The fourth-order valence-corrected chi connectivity index (χ4v) is 4.02. The van der Waals surface area contributed by atoms with E-state index in [0.717, 1.165) is 42.1 Å². The van der Waals surface area contributed by atoms with Gasteiger partial charge in [-0.3, -0.25) is 19.7 Å². The second-order valence-corrected chi connectivity index (χ2v) is 7.96. The van der Waals surface area contributed by atoms with E-state index in [2.05, 4.69) is 20.3 Å². The average molecular weight is 433 g/mol. The summed E-state index contributed by atoms with van der Waals surface area (Å²) in [6.07, 6.45) is 8.61. The standard InChI is InChI=1S/C24H28N6O2/c1-29(16-18-5-3-6-20(13-18)32-2)17-24(31)30-12-4-7-22(30)21-9-8-19(14-27-21)28-23-15-25-10-11-26-23/h3,5-6,8-11,13-15,22H,4,7,12,16-17H2,1-2H3,(H,26,28). The van der Waals surface area contributed by atoms with Gasteiger partial charge in [0.25, 0.3) is 0 Å². The predicted octanol–water partition coefficient (Wildman–Crippen LogP) is 3.42. The SMILES string of the molecule is COc1cccc(CN(C)CC(=O)N2CCCC2c2ccc(Nc3cnccn3)cn2)c1. The van der Waals surface area contributed by atoms with Gasteiger partial charge in [-0.05, 0) is 49.7 Å². The van der Waals surface area contributed by atoms with Crippen molar-refractivity contribution in [3.63, 3.8) is 0 Å². The van der Waals surface area contributed by atoms with Gasteiger partial charge in [0.05, 0.1) is 43.5 Å². The first-order chi connectivity index (χ1) is 15.6. The highest BCUT2D eigenvalue weighted by Gasteiger charge is 2.31. The topological polar surface area (TPSA) is 83.5 Å². The van der Waals surface area contributed by atoms with E-state index in [9.17, 15) is 4.79 Å². The van der Waals surface area contributed by atoms with Gasteiger partial charge in [-0.2, -0.15) is 0 Å². The maximum Gasteiger partial charge on any atom is 0.237 e. The Balaban J connectivity index is 1.36. The van der Waals surface area contributed by atoms with Crippen molar-refractivity contribution >= 4 is 17.4 Å². The Morgan fingerprint density at radius 1 is 1.22 bits per heavy atom. The summed E-state index contributed by atoms with van der Waals surface area (Å²) in [6, 6.07) is 11.9. The van der Waals surface area contributed by atoms with Gasteiger partial charge in [-0.25, -0.2) is 4.98 Å². The number of nitrogens with zero attached hydrogens (tertiary/aromatic N) is 5. The van der Waals surface area contributed by atoms with Crippen molar-refractivity contribution in [3.8, 4) is 5.75 Å². The number of carbonyl (C=O) groups is 1. The number of anilines is 2. The molecule has 1 N–H and O–H groups in total. The summed E-state index contributed by atoms with van der Waals surface area (Å²) in [5.41, 5.74) is 2.87. The average Bonchev–Trinajstić information content (AvgIpc) is 3.30. The normalized spacial score (nSPS) is 15.7. The number of amides is 1. The van der Waals surface area contributed by atoms with Crippen LogP contribution >= 0.6 is 0 Å². The molecule has 32 heavy (non-hydrogen) atoms. The van der Waals surface area contributed by atoms with Crippen LogP contribution in [-0.2, 0) is 11.3 Å². The van der Waals surface area contributed by atoms with E-state index < -0.39 is 0 Å². The van der Waals surface area contributed by atoms with Crippen molar-refractivity contribution in [1.29, 1.82) is 0 Å². The minimum atomic E-state index is 0.0123. The smallest absolute Gasteiger partial charge is 0.237 e. The van der Waals surface area contributed by atoms with E-state index in [1.807, 2.05) is 53.2 Å². The van der Waals surface area contributed by atoms with E-state index in [4.69, 9.17) is 4.74 Å². The zero-order chi connectivity index (χ0) is 22.3. The number of methoxy groups -OCH3 is 1. The highest BCUT2D eigenvalue weighted by Crippen LogP contribution is 2.31. The third kappa shape index (κ3) is 5.39. The Hall–Kier alpha value is -3.52. The predicted molar refractivity (Wildman–Crippen MR) is 123 cm³/mol. The second kappa shape index (κ2) is 10.2. The van der Waals surface area contributed by atoms with Gasteiger partial charge >= 0.3 is 0 Å². The van der Waals surface area contributed by atoms with Crippen LogP contribution in [0.4, 0.5) is 11.5 Å². The number of ether oxygens (including phenoxy) is 1. The van der Waals surface area contributed by atoms with Crippen molar-refractivity contribution in [2.24, 2.45) is 0 Å². The lowest BCUT2D eigenvalue weighted by Crippen LogP contribution is -2.38. The van der Waals surface area contributed by atoms with Crippen LogP contribution in [0.15, 0.2) is 61.2 Å². The van der Waals surface area contributed by atoms with Crippen molar-refractivity contribution < 1.29 is 9.53 Å². The molecule has 1 amide bonds. The number of rotatable bonds is 8. The zero-order valence-corrected chi connectivity index (χ0v) is 18.4. The van der Waals surface area contributed by atoms with Gasteiger partial charge in [0.2, 0.25) is 5.91 Å². The van der Waals surface area contributed by atoms with E-state index in [1.165, 1.54) is 0 Å². The highest BCUT2D eigenvalue weighted by molar-refractivity contribution is 5.79. The first-order valence-corrected chi connectivity index (χ1v) is 10.7. The summed E-state index contributed by atoms with van der Waals surface area (Å²) < 4.78 is 5.29. The van der Waals surface area contributed by atoms with Crippen LogP contribution in [0.2, 0.25) is 0 Å². The molecule has 1 aliphatic rings. The minimum absolute atomic E-state index is 0.0123. The Kier molecular flexibility index (Phi) is 6.91. The monoisotopic (exact) mass is 432 g/mol. The number of pyridine rings is 1. The van der Waals surface area contributed by atoms with Crippen LogP contribution in [0, 0.1) is 0 Å². The van der Waals surface area contributed by atoms with Crippen LogP contribution in [-0.4, -0.2) is 57.9 Å². The summed E-state index contributed by atoms with van der Waals surface area (Å²) in [6.45, 7) is 1.81. The molecule has 2 aromatic heterocycles. The van der Waals surface area contributed by atoms with Crippen LogP contribution in [0.5, 0.6) is 5.75 Å². The maximum atomic E-state index is 13.1. The molecule has 0 aliphatic carbocycles. The van der Waals surface area contributed by atoms with E-state index in [-0.39, 0.29) is 11.9 Å². The molecule has 1 aromatic carbocycles. The molecule has 1 atom stereocenters. The molecule has 0 radical (unpaired) electrons. The Morgan fingerprint density at radius 3 is 2.88 bits per heavy atom. The molecule has 0 bridgehead atoms. The molecule has 166 valence electrons. The van der Waals surface area contributed by atoms with Gasteiger partial charge in [-0.15, -0.1) is 0 Å². The number of aromatic nitrogens is 3. The molecule has 4 rings (SSSR count). The van der Waals surface area contributed by atoms with Crippen molar-refractivity contribution in [3.05, 3.63) is 72.4 Å². The molecule has 1 fully saturated rings. The Morgan fingerprint density at radius 2 is 2.12 bits per heavy atom. The maximum absolute atomic E-state index is 13.1. The van der Waals surface area contributed by atoms with Gasteiger partial charge in [0.1, 0.15) is 11.6 Å². The van der Waals surface area contributed by atoms with Crippen LogP contribution < -0.4 is 10.1 Å². The fourth-order valence-electron chi connectivity index (χ4n) is 4.02. The van der Waals surface area contributed by atoms with Crippen molar-refractivity contribution in [1.82, 2.24) is 24.8 Å². The molecule has 3 heterocycles. The molecular weight excluding hydrogens is 404 g/mol. The summed E-state index contributed by atoms with van der Waals surface area (Å²) >= 11 is 0. The molecular formula is C24H28N6O2. The van der Waals surface area contributed by atoms with Crippen LogP contribution in [0.1, 0.15) is 30.1 Å². The van der Waals surface area contributed by atoms with E-state index in [0.29, 0.717) is 18.9 Å². The largest absolute Gasteiger partial charge is 0.497 e. The summed E-state index contributed by atoms with van der Waals surface area (Å²) in [7, 11) is 3.62. The number of benzene rings is 1. The Bertz CT molecular complexity index is 1030. The summed E-state index contributed by atoms with van der Waals surface area (Å²) in [4.78, 5) is 29.9. The van der Waals surface area contributed by atoms with Crippen molar-refractivity contribution in [2.45, 2.75) is 25.4 Å².